The summed E-state index contributed by atoms with van der Waals surface area (Å²) < 4.78 is 12.4. The molecule has 4 aromatic carbocycles. The van der Waals surface area contributed by atoms with Gasteiger partial charge in [-0.25, -0.2) is 9.97 Å². The summed E-state index contributed by atoms with van der Waals surface area (Å²) in [4.78, 5) is 17.1. The van der Waals surface area contributed by atoms with Gasteiger partial charge in [-0.3, -0.25) is 0 Å². The number of hydrogen-bond acceptors (Lipinski definition) is 7. The van der Waals surface area contributed by atoms with Gasteiger partial charge in [0.1, 0.15) is 23.1 Å². The number of fused-ring (bicyclic) bond motifs is 3. The number of rotatable bonds is 5. The standard InChI is InChI=1S/C17H12ClN3O.C15H12ClN3O/c1-22-12-6-7-15-11(10-12)8-9-21(15)16-13-4-2-3-5-14(13)19-17(18)20-16;1-20-11-8-6-10(7-9-11)17-14-12-4-2-3-5-13(12)18-15(16)19-14/h2-10H,1H3;2-9H,1H3,(H,17,18,19). The summed E-state index contributed by atoms with van der Waals surface area (Å²) in [5.74, 6) is 3.10. The van der Waals surface area contributed by atoms with Crippen molar-refractivity contribution in [2.24, 2.45) is 0 Å². The van der Waals surface area contributed by atoms with Crippen LogP contribution < -0.4 is 14.8 Å². The Balaban J connectivity index is 0.000000151. The van der Waals surface area contributed by atoms with Crippen LogP contribution in [-0.4, -0.2) is 38.7 Å². The van der Waals surface area contributed by atoms with Crippen molar-refractivity contribution < 1.29 is 9.47 Å². The van der Waals surface area contributed by atoms with Crippen LogP contribution in [0.4, 0.5) is 11.5 Å². The van der Waals surface area contributed by atoms with E-state index in [9.17, 15) is 0 Å². The Hall–Kier alpha value is -4.92. The molecule has 10 heteroatoms. The lowest BCUT2D eigenvalue weighted by Gasteiger charge is -2.09. The molecule has 0 fully saturated rings. The lowest BCUT2D eigenvalue weighted by atomic mass is 10.2. The fourth-order valence-electron chi connectivity index (χ4n) is 4.60. The molecule has 1 N–H and O–H groups in total. The van der Waals surface area contributed by atoms with Crippen molar-refractivity contribution in [2.75, 3.05) is 19.5 Å². The minimum atomic E-state index is 0.222. The van der Waals surface area contributed by atoms with Crippen LogP contribution in [0.1, 0.15) is 0 Å². The number of para-hydroxylation sites is 2. The Morgan fingerprint density at radius 3 is 1.98 bits per heavy atom. The fourth-order valence-corrected chi connectivity index (χ4v) is 4.95. The Kier molecular flexibility index (Phi) is 7.72. The predicted molar refractivity (Wildman–Crippen MR) is 169 cm³/mol. The van der Waals surface area contributed by atoms with Gasteiger partial charge in [0.2, 0.25) is 10.6 Å². The predicted octanol–water partition coefficient (Wildman–Crippen LogP) is 8.27. The van der Waals surface area contributed by atoms with Crippen LogP contribution in [0.15, 0.2) is 103 Å². The minimum absolute atomic E-state index is 0.222. The zero-order valence-electron chi connectivity index (χ0n) is 22.6. The van der Waals surface area contributed by atoms with E-state index in [1.54, 1.807) is 14.2 Å². The van der Waals surface area contributed by atoms with Gasteiger partial charge in [0.15, 0.2) is 0 Å². The van der Waals surface area contributed by atoms with E-state index in [4.69, 9.17) is 32.7 Å². The summed E-state index contributed by atoms with van der Waals surface area (Å²) in [7, 11) is 3.30. The average Bonchev–Trinajstić information content (AvgIpc) is 3.44. The molecule has 0 atom stereocenters. The van der Waals surface area contributed by atoms with Crippen LogP contribution in [0.3, 0.4) is 0 Å². The van der Waals surface area contributed by atoms with Gasteiger partial charge in [-0.2, -0.15) is 9.97 Å². The van der Waals surface area contributed by atoms with E-state index < -0.39 is 0 Å². The molecule has 0 aliphatic carbocycles. The molecular weight excluding hydrogens is 571 g/mol. The molecule has 0 unspecified atom stereocenters. The van der Waals surface area contributed by atoms with Crippen molar-refractivity contribution >= 4 is 67.4 Å². The Morgan fingerprint density at radius 2 is 1.26 bits per heavy atom. The number of anilines is 2. The quantitative estimate of drug-likeness (QED) is 0.201. The molecule has 8 nitrogen and oxygen atoms in total. The second-order valence-electron chi connectivity index (χ2n) is 9.16. The number of ether oxygens (including phenoxy) is 2. The first-order valence-corrected chi connectivity index (χ1v) is 13.7. The molecule has 42 heavy (non-hydrogen) atoms. The van der Waals surface area contributed by atoms with Crippen LogP contribution >= 0.6 is 23.2 Å². The molecule has 0 saturated heterocycles. The highest BCUT2D eigenvalue weighted by atomic mass is 35.5. The molecule has 0 radical (unpaired) electrons. The lowest BCUT2D eigenvalue weighted by Crippen LogP contribution is -1.99. The number of benzene rings is 4. The SMILES string of the molecule is COc1ccc(Nc2nc(Cl)nc3ccccc23)cc1.COc1ccc2c(ccn2-c2nc(Cl)nc3ccccc23)c1. The molecule has 0 amide bonds. The maximum absolute atomic E-state index is 6.08. The summed E-state index contributed by atoms with van der Waals surface area (Å²) in [5, 5.41) is 6.67. The van der Waals surface area contributed by atoms with E-state index in [-0.39, 0.29) is 10.6 Å². The van der Waals surface area contributed by atoms with Crippen molar-refractivity contribution in [1.82, 2.24) is 24.5 Å². The first-order valence-electron chi connectivity index (χ1n) is 12.9. The molecule has 208 valence electrons. The van der Waals surface area contributed by atoms with Gasteiger partial charge in [0.05, 0.1) is 30.8 Å². The third-order valence-electron chi connectivity index (χ3n) is 6.61. The van der Waals surface area contributed by atoms with Crippen molar-refractivity contribution in [1.29, 1.82) is 0 Å². The van der Waals surface area contributed by atoms with Gasteiger partial charge in [-0.1, -0.05) is 24.3 Å². The molecular formula is C32H24Cl2N6O2. The van der Waals surface area contributed by atoms with Crippen LogP contribution in [0.5, 0.6) is 11.5 Å². The Bertz CT molecular complexity index is 2030. The number of aromatic nitrogens is 5. The number of methoxy groups -OCH3 is 2. The maximum Gasteiger partial charge on any atom is 0.224 e. The number of halogens is 2. The van der Waals surface area contributed by atoms with Crippen molar-refractivity contribution in [3.05, 3.63) is 114 Å². The highest BCUT2D eigenvalue weighted by Gasteiger charge is 2.11. The normalized spacial score (nSPS) is 10.9. The molecule has 0 aliphatic rings. The van der Waals surface area contributed by atoms with Crippen LogP contribution in [-0.2, 0) is 0 Å². The van der Waals surface area contributed by atoms with Crippen molar-refractivity contribution in [3.8, 4) is 17.3 Å². The van der Waals surface area contributed by atoms with Gasteiger partial charge in [0, 0.05) is 28.0 Å². The third-order valence-corrected chi connectivity index (χ3v) is 6.95. The molecule has 0 saturated carbocycles. The van der Waals surface area contributed by atoms with Gasteiger partial charge in [-0.15, -0.1) is 0 Å². The first-order chi connectivity index (χ1) is 20.5. The second-order valence-corrected chi connectivity index (χ2v) is 9.83. The largest absolute Gasteiger partial charge is 0.497 e. The summed E-state index contributed by atoms with van der Waals surface area (Å²) >= 11 is 12.0. The van der Waals surface area contributed by atoms with E-state index in [0.717, 1.165) is 55.7 Å². The van der Waals surface area contributed by atoms with Crippen LogP contribution in [0, 0.1) is 0 Å². The monoisotopic (exact) mass is 594 g/mol. The number of nitrogens with zero attached hydrogens (tertiary/aromatic N) is 5. The van der Waals surface area contributed by atoms with E-state index >= 15 is 0 Å². The van der Waals surface area contributed by atoms with Gasteiger partial charge in [0.25, 0.3) is 0 Å². The lowest BCUT2D eigenvalue weighted by molar-refractivity contribution is 0.415. The van der Waals surface area contributed by atoms with Crippen molar-refractivity contribution in [3.63, 3.8) is 0 Å². The third kappa shape index (κ3) is 5.63. The average molecular weight is 595 g/mol. The first kappa shape index (κ1) is 27.3. The van der Waals surface area contributed by atoms with E-state index in [1.165, 1.54) is 0 Å². The smallest absolute Gasteiger partial charge is 0.224 e. The summed E-state index contributed by atoms with van der Waals surface area (Å²) in [6.45, 7) is 0. The molecule has 7 rings (SSSR count). The highest BCUT2D eigenvalue weighted by molar-refractivity contribution is 6.29. The second kappa shape index (κ2) is 11.9. The maximum atomic E-state index is 6.08. The molecule has 3 aromatic heterocycles. The molecule has 3 heterocycles. The molecule has 0 aliphatic heterocycles. The zero-order chi connectivity index (χ0) is 29.1. The number of hydrogen-bond donors (Lipinski definition) is 1. The van der Waals surface area contributed by atoms with Gasteiger partial charge in [-0.05, 0) is 96.0 Å². The fraction of sp³-hybridized carbons (Fsp3) is 0.0625. The zero-order valence-corrected chi connectivity index (χ0v) is 24.1. The topological polar surface area (TPSA) is 87.0 Å². The Morgan fingerprint density at radius 1 is 0.643 bits per heavy atom. The van der Waals surface area contributed by atoms with Crippen LogP contribution in [0.2, 0.25) is 10.6 Å². The Labute approximate surface area is 251 Å². The summed E-state index contributed by atoms with van der Waals surface area (Å²) in [6.07, 6.45) is 1.98. The number of nitrogens with one attached hydrogen (secondary N) is 1. The highest BCUT2D eigenvalue weighted by Crippen LogP contribution is 2.28. The van der Waals surface area contributed by atoms with E-state index in [0.29, 0.717) is 5.82 Å². The molecule has 0 spiro atoms. The summed E-state index contributed by atoms with van der Waals surface area (Å²) in [5.41, 5.74) is 3.59. The van der Waals surface area contributed by atoms with Gasteiger partial charge < -0.3 is 19.4 Å². The van der Waals surface area contributed by atoms with E-state index in [1.807, 2.05) is 108 Å². The molecule has 0 bridgehead atoms. The summed E-state index contributed by atoms with van der Waals surface area (Å²) in [6, 6.07) is 31.1. The van der Waals surface area contributed by atoms with E-state index in [2.05, 4.69) is 25.3 Å². The van der Waals surface area contributed by atoms with Crippen molar-refractivity contribution in [2.45, 2.75) is 0 Å². The molecule has 7 aromatic rings. The van der Waals surface area contributed by atoms with Crippen LogP contribution in [0.25, 0.3) is 38.5 Å². The minimum Gasteiger partial charge on any atom is -0.497 e. The van der Waals surface area contributed by atoms with Gasteiger partial charge >= 0.3 is 0 Å².